The number of anilines is 1. The highest BCUT2D eigenvalue weighted by Crippen LogP contribution is 2.17. The summed E-state index contributed by atoms with van der Waals surface area (Å²) >= 11 is 4.71. The molecule has 0 radical (unpaired) electrons. The Balaban J connectivity index is 2.84. The number of halogens is 1. The van der Waals surface area contributed by atoms with Gasteiger partial charge in [-0.1, -0.05) is 0 Å². The third-order valence-corrected chi connectivity index (χ3v) is 2.23. The minimum absolute atomic E-state index is 1.04. The summed E-state index contributed by atoms with van der Waals surface area (Å²) in [7, 11) is 0. The van der Waals surface area contributed by atoms with Gasteiger partial charge in [-0.2, -0.15) is 0 Å². The zero-order valence-electron chi connectivity index (χ0n) is 4.31. The third kappa shape index (κ3) is 1.20. The summed E-state index contributed by atoms with van der Waals surface area (Å²) in [4.78, 5) is 4.01. The molecule has 1 aromatic heterocycles. The lowest BCUT2D eigenvalue weighted by Gasteiger charge is -1.82. The van der Waals surface area contributed by atoms with Crippen LogP contribution in [0.3, 0.4) is 0 Å². The first-order valence-electron chi connectivity index (χ1n) is 2.12. The van der Waals surface area contributed by atoms with Crippen molar-refractivity contribution in [1.29, 1.82) is 0 Å². The van der Waals surface area contributed by atoms with E-state index in [9.17, 15) is 0 Å². The van der Waals surface area contributed by atoms with Gasteiger partial charge in [-0.05, 0) is 6.92 Å². The second-order valence-electron chi connectivity index (χ2n) is 1.34. The van der Waals surface area contributed by atoms with E-state index in [4.69, 9.17) is 0 Å². The van der Waals surface area contributed by atoms with Crippen LogP contribution in [0.2, 0.25) is 0 Å². The quantitative estimate of drug-likeness (QED) is 0.691. The fraction of sp³-hybridized carbons (Fsp3) is 0.250. The van der Waals surface area contributed by atoms with Crippen LogP contribution in [0.15, 0.2) is 6.20 Å². The smallest absolute Gasteiger partial charge is 0.119 e. The van der Waals surface area contributed by atoms with Gasteiger partial charge in [-0.3, -0.25) is 0 Å². The molecule has 0 unspecified atom stereocenters. The van der Waals surface area contributed by atoms with E-state index >= 15 is 0 Å². The molecule has 8 heavy (non-hydrogen) atoms. The maximum absolute atomic E-state index is 4.01. The summed E-state index contributed by atoms with van der Waals surface area (Å²) in [6.45, 7) is 1.97. The molecule has 0 saturated heterocycles. The summed E-state index contributed by atoms with van der Waals surface area (Å²) in [5, 5.41) is 2.12. The minimum Gasteiger partial charge on any atom is -0.313 e. The van der Waals surface area contributed by atoms with Crippen molar-refractivity contribution in [3.05, 3.63) is 11.2 Å². The summed E-state index contributed by atoms with van der Waals surface area (Å²) in [6, 6.07) is 0. The summed E-state index contributed by atoms with van der Waals surface area (Å²) in [5.74, 6) is 0. The second kappa shape index (κ2) is 2.46. The van der Waals surface area contributed by atoms with E-state index in [1.165, 1.54) is 0 Å². The van der Waals surface area contributed by atoms with Crippen molar-refractivity contribution in [3.8, 4) is 0 Å². The number of nitrogens with one attached hydrogen (secondary N) is 1. The van der Waals surface area contributed by atoms with Crippen molar-refractivity contribution in [2.24, 2.45) is 0 Å². The van der Waals surface area contributed by atoms with Crippen LogP contribution in [0.25, 0.3) is 0 Å². The van der Waals surface area contributed by atoms with Crippen LogP contribution in [0.4, 0.5) is 5.00 Å². The van der Waals surface area contributed by atoms with Crippen LogP contribution in [0.5, 0.6) is 0 Å². The van der Waals surface area contributed by atoms with Crippen LogP contribution in [0, 0.1) is 6.92 Å². The zero-order chi connectivity index (χ0) is 5.98. The predicted molar refractivity (Wildman–Crippen MR) is 39.4 cm³/mol. The molecular weight excluding hydrogens is 188 g/mol. The van der Waals surface area contributed by atoms with E-state index in [1.54, 1.807) is 17.5 Å². The fourth-order valence-corrected chi connectivity index (χ4v) is 1.32. The molecule has 1 aromatic rings. The average Bonchev–Trinajstić information content (AvgIpc) is 2.14. The third-order valence-electron chi connectivity index (χ3n) is 0.714. The molecule has 0 saturated carbocycles. The molecule has 0 amide bonds. The number of hydrogen-bond acceptors (Lipinski definition) is 3. The highest BCUT2D eigenvalue weighted by Gasteiger charge is 1.91. The van der Waals surface area contributed by atoms with Gasteiger partial charge in [0.2, 0.25) is 0 Å². The normalized spacial score (nSPS) is 9.25. The zero-order valence-corrected chi connectivity index (χ0v) is 6.71. The Morgan fingerprint density at radius 2 is 2.62 bits per heavy atom. The Labute approximate surface area is 60.3 Å². The van der Waals surface area contributed by atoms with Gasteiger partial charge in [-0.25, -0.2) is 4.98 Å². The number of rotatable bonds is 1. The SMILES string of the molecule is Cc1ncc(NBr)s1. The molecule has 0 aliphatic rings. The van der Waals surface area contributed by atoms with E-state index < -0.39 is 0 Å². The maximum atomic E-state index is 4.01. The first-order valence-corrected chi connectivity index (χ1v) is 3.73. The van der Waals surface area contributed by atoms with Gasteiger partial charge in [0.1, 0.15) is 5.00 Å². The Morgan fingerprint density at radius 3 is 2.88 bits per heavy atom. The van der Waals surface area contributed by atoms with Crippen molar-refractivity contribution in [3.63, 3.8) is 0 Å². The molecule has 0 aliphatic carbocycles. The van der Waals surface area contributed by atoms with E-state index in [-0.39, 0.29) is 0 Å². The summed E-state index contributed by atoms with van der Waals surface area (Å²) in [6.07, 6.45) is 1.79. The largest absolute Gasteiger partial charge is 0.313 e. The Kier molecular flexibility index (Phi) is 1.85. The van der Waals surface area contributed by atoms with Crippen LogP contribution in [-0.4, -0.2) is 4.98 Å². The molecule has 0 fully saturated rings. The summed E-state index contributed by atoms with van der Waals surface area (Å²) < 4.78 is 2.82. The van der Waals surface area contributed by atoms with Gasteiger partial charge >= 0.3 is 0 Å². The lowest BCUT2D eigenvalue weighted by Crippen LogP contribution is -1.67. The molecule has 1 N–H and O–H groups in total. The lowest BCUT2D eigenvalue weighted by molar-refractivity contribution is 1.30. The van der Waals surface area contributed by atoms with Crippen LogP contribution >= 0.6 is 27.5 Å². The number of hydrogen-bond donors (Lipinski definition) is 1. The van der Waals surface area contributed by atoms with Crippen molar-refractivity contribution in [2.75, 3.05) is 4.34 Å². The number of nitrogens with zero attached hydrogens (tertiary/aromatic N) is 1. The van der Waals surface area contributed by atoms with Gasteiger partial charge in [-0.15, -0.1) is 11.3 Å². The van der Waals surface area contributed by atoms with Crippen molar-refractivity contribution < 1.29 is 0 Å². The molecule has 0 spiro atoms. The lowest BCUT2D eigenvalue weighted by atomic mass is 10.8. The molecule has 1 rings (SSSR count). The van der Waals surface area contributed by atoms with Crippen molar-refractivity contribution in [2.45, 2.75) is 6.92 Å². The number of aryl methyl sites for hydroxylation is 1. The number of aromatic nitrogens is 1. The first kappa shape index (κ1) is 6.04. The molecule has 1 heterocycles. The second-order valence-corrected chi connectivity index (χ2v) is 2.97. The summed E-state index contributed by atoms with van der Waals surface area (Å²) in [5.41, 5.74) is 0. The van der Waals surface area contributed by atoms with Gasteiger partial charge in [0.05, 0.1) is 11.2 Å². The van der Waals surface area contributed by atoms with E-state index in [0.29, 0.717) is 0 Å². The molecule has 0 aromatic carbocycles. The van der Waals surface area contributed by atoms with Gasteiger partial charge < -0.3 is 4.34 Å². The van der Waals surface area contributed by atoms with Crippen LogP contribution in [-0.2, 0) is 0 Å². The Bertz CT molecular complexity index is 174. The van der Waals surface area contributed by atoms with Crippen LogP contribution in [0.1, 0.15) is 5.01 Å². The fourth-order valence-electron chi connectivity index (χ4n) is 0.405. The van der Waals surface area contributed by atoms with Gasteiger partial charge in [0.25, 0.3) is 0 Å². The molecule has 4 heteroatoms. The minimum atomic E-state index is 1.04. The molecule has 44 valence electrons. The predicted octanol–water partition coefficient (Wildman–Crippen LogP) is 2.17. The first-order chi connectivity index (χ1) is 3.83. The number of thiazole rings is 1. The average molecular weight is 193 g/mol. The monoisotopic (exact) mass is 192 g/mol. The molecular formula is C4H5BrN2S. The van der Waals surface area contributed by atoms with Crippen LogP contribution < -0.4 is 4.34 Å². The van der Waals surface area contributed by atoms with Crippen molar-refractivity contribution in [1.82, 2.24) is 4.98 Å². The van der Waals surface area contributed by atoms with E-state index in [1.807, 2.05) is 6.92 Å². The van der Waals surface area contributed by atoms with Crippen molar-refractivity contribution >= 4 is 32.5 Å². The maximum Gasteiger partial charge on any atom is 0.119 e. The Hall–Kier alpha value is -0.0900. The Morgan fingerprint density at radius 1 is 1.88 bits per heavy atom. The molecule has 0 atom stereocenters. The standard InChI is InChI=1S/C4H5BrN2S/c1-3-6-2-4(7-5)8-3/h2,7H,1H3. The van der Waals surface area contributed by atoms with Gasteiger partial charge in [0.15, 0.2) is 0 Å². The molecule has 0 aliphatic heterocycles. The van der Waals surface area contributed by atoms with Gasteiger partial charge in [0, 0.05) is 16.1 Å². The molecule has 2 nitrogen and oxygen atoms in total. The molecule has 0 bridgehead atoms. The van der Waals surface area contributed by atoms with E-state index in [2.05, 4.69) is 25.5 Å². The topological polar surface area (TPSA) is 24.9 Å². The highest BCUT2D eigenvalue weighted by atomic mass is 79.9. The highest BCUT2D eigenvalue weighted by molar-refractivity contribution is 9.10. The van der Waals surface area contributed by atoms with E-state index in [0.717, 1.165) is 10.0 Å².